The van der Waals surface area contributed by atoms with Crippen LogP contribution in [0.1, 0.15) is 21.9 Å². The minimum Gasteiger partial charge on any atom is -0.475 e. The summed E-state index contributed by atoms with van der Waals surface area (Å²) in [5.41, 5.74) is 0.456. The molecule has 1 rings (SSSR count). The Morgan fingerprint density at radius 1 is 1.50 bits per heavy atom. The molecule has 0 bridgehead atoms. The molecular weight excluding hydrogens is 280 g/mol. The van der Waals surface area contributed by atoms with E-state index in [9.17, 15) is 17.4 Å². The molecular formula is C10H14O6S2. The zero-order valence-corrected chi connectivity index (χ0v) is 11.6. The number of aryl methyl sites for hydroxylation is 1. The van der Waals surface area contributed by atoms with E-state index in [-0.39, 0.29) is 28.8 Å². The Balaban J connectivity index is 2.65. The van der Waals surface area contributed by atoms with Crippen LogP contribution in [0.15, 0.2) is 10.5 Å². The summed E-state index contributed by atoms with van der Waals surface area (Å²) in [6.45, 7) is 1.58. The minimum absolute atomic E-state index is 0.0149. The van der Waals surface area contributed by atoms with Crippen molar-refractivity contribution >= 4 is 26.6 Å². The van der Waals surface area contributed by atoms with Crippen LogP contribution in [-0.2, 0) is 26.4 Å². The van der Waals surface area contributed by atoms with E-state index in [1.807, 2.05) is 0 Å². The van der Waals surface area contributed by atoms with Crippen molar-refractivity contribution in [3.8, 4) is 0 Å². The largest absolute Gasteiger partial charge is 0.475 e. The molecule has 1 N–H and O–H groups in total. The maximum Gasteiger partial charge on any atom is 0.372 e. The highest BCUT2D eigenvalue weighted by Crippen LogP contribution is 2.16. The van der Waals surface area contributed by atoms with Crippen molar-refractivity contribution < 1.29 is 26.9 Å². The van der Waals surface area contributed by atoms with Gasteiger partial charge >= 0.3 is 5.97 Å². The maximum atomic E-state index is 11.6. The number of hydrogen-bond acceptors (Lipinski definition) is 5. The van der Waals surface area contributed by atoms with Crippen LogP contribution < -0.4 is 0 Å². The second-order valence-electron chi connectivity index (χ2n) is 3.95. The van der Waals surface area contributed by atoms with E-state index in [0.29, 0.717) is 5.56 Å². The molecule has 102 valence electrons. The predicted molar refractivity (Wildman–Crippen MR) is 66.8 cm³/mol. The summed E-state index contributed by atoms with van der Waals surface area (Å²) < 4.78 is 38.4. The quantitative estimate of drug-likeness (QED) is 0.823. The predicted octanol–water partition coefficient (Wildman–Crippen LogP) is 0.580. The molecule has 1 heterocycles. The van der Waals surface area contributed by atoms with Crippen molar-refractivity contribution in [3.63, 3.8) is 0 Å². The minimum atomic E-state index is -3.15. The third-order valence-electron chi connectivity index (χ3n) is 2.15. The van der Waals surface area contributed by atoms with Gasteiger partial charge in [0, 0.05) is 28.4 Å². The highest BCUT2D eigenvalue weighted by Gasteiger charge is 2.16. The summed E-state index contributed by atoms with van der Waals surface area (Å²) >= 11 is 0. The van der Waals surface area contributed by atoms with Gasteiger partial charge in [-0.15, -0.1) is 0 Å². The van der Waals surface area contributed by atoms with E-state index < -0.39 is 26.6 Å². The van der Waals surface area contributed by atoms with Crippen molar-refractivity contribution in [1.82, 2.24) is 0 Å². The van der Waals surface area contributed by atoms with E-state index in [1.165, 1.54) is 6.07 Å². The van der Waals surface area contributed by atoms with Crippen LogP contribution in [0.3, 0.4) is 0 Å². The molecule has 0 aliphatic heterocycles. The second-order valence-corrected chi connectivity index (χ2v) is 7.78. The Kier molecular flexibility index (Phi) is 4.69. The van der Waals surface area contributed by atoms with Crippen molar-refractivity contribution in [1.29, 1.82) is 0 Å². The van der Waals surface area contributed by atoms with Crippen molar-refractivity contribution in [2.75, 3.05) is 17.8 Å². The molecule has 1 aromatic heterocycles. The molecule has 0 amide bonds. The van der Waals surface area contributed by atoms with Crippen LogP contribution in [0.2, 0.25) is 0 Å². The highest BCUT2D eigenvalue weighted by atomic mass is 32.2. The molecule has 0 radical (unpaired) electrons. The Bertz CT molecular complexity index is 569. The lowest BCUT2D eigenvalue weighted by molar-refractivity contribution is 0.0659. The average Bonchev–Trinajstić information content (AvgIpc) is 2.55. The van der Waals surface area contributed by atoms with E-state index in [2.05, 4.69) is 0 Å². The number of aromatic carboxylic acids is 1. The van der Waals surface area contributed by atoms with Gasteiger partial charge in [-0.3, -0.25) is 4.21 Å². The molecule has 8 heteroatoms. The van der Waals surface area contributed by atoms with Crippen LogP contribution in [0.4, 0.5) is 0 Å². The zero-order chi connectivity index (χ0) is 13.9. The number of sulfone groups is 1. The Labute approximate surface area is 107 Å². The highest BCUT2D eigenvalue weighted by molar-refractivity contribution is 7.92. The lowest BCUT2D eigenvalue weighted by Crippen LogP contribution is -2.12. The number of carboxylic acids is 1. The SMILES string of the molecule is Cc1cc(CS(=O)CCS(C)(=O)=O)oc1C(=O)O. The van der Waals surface area contributed by atoms with Crippen LogP contribution in [-0.4, -0.2) is 41.5 Å². The molecule has 0 saturated heterocycles. The van der Waals surface area contributed by atoms with Gasteiger partial charge in [0.15, 0.2) is 0 Å². The Morgan fingerprint density at radius 3 is 2.56 bits per heavy atom. The van der Waals surface area contributed by atoms with Gasteiger partial charge in [0.05, 0.1) is 11.5 Å². The third kappa shape index (κ3) is 4.61. The third-order valence-corrected chi connectivity index (χ3v) is 4.62. The van der Waals surface area contributed by atoms with Gasteiger partial charge in [-0.05, 0) is 13.0 Å². The van der Waals surface area contributed by atoms with Crippen molar-refractivity contribution in [3.05, 3.63) is 23.2 Å². The maximum absolute atomic E-state index is 11.6. The van der Waals surface area contributed by atoms with E-state index >= 15 is 0 Å². The van der Waals surface area contributed by atoms with Crippen LogP contribution in [0, 0.1) is 6.92 Å². The van der Waals surface area contributed by atoms with Gasteiger partial charge in [-0.2, -0.15) is 0 Å². The monoisotopic (exact) mass is 294 g/mol. The fraction of sp³-hybridized carbons (Fsp3) is 0.500. The molecule has 1 atom stereocenters. The molecule has 6 nitrogen and oxygen atoms in total. The Morgan fingerprint density at radius 2 is 2.11 bits per heavy atom. The molecule has 0 spiro atoms. The number of hydrogen-bond donors (Lipinski definition) is 1. The van der Waals surface area contributed by atoms with Gasteiger partial charge in [0.25, 0.3) is 0 Å². The summed E-state index contributed by atoms with van der Waals surface area (Å²) in [5.74, 6) is -1.20. The van der Waals surface area contributed by atoms with E-state index in [4.69, 9.17) is 9.52 Å². The molecule has 0 aromatic carbocycles. The smallest absolute Gasteiger partial charge is 0.372 e. The number of carbonyl (C=O) groups is 1. The van der Waals surface area contributed by atoms with Gasteiger partial charge in [-0.1, -0.05) is 0 Å². The summed E-state index contributed by atoms with van der Waals surface area (Å²) in [5, 5.41) is 8.77. The zero-order valence-electron chi connectivity index (χ0n) is 10.0. The van der Waals surface area contributed by atoms with Gasteiger partial charge in [0.1, 0.15) is 15.6 Å². The molecule has 0 fully saturated rings. The van der Waals surface area contributed by atoms with E-state index in [0.717, 1.165) is 6.26 Å². The first kappa shape index (κ1) is 14.9. The second kappa shape index (κ2) is 5.66. The fourth-order valence-corrected chi connectivity index (χ4v) is 3.87. The number of furan rings is 1. The average molecular weight is 294 g/mol. The molecule has 0 saturated carbocycles. The number of carboxylic acid groups (broad SMARTS) is 1. The molecule has 18 heavy (non-hydrogen) atoms. The fourth-order valence-electron chi connectivity index (χ4n) is 1.31. The van der Waals surface area contributed by atoms with Crippen LogP contribution >= 0.6 is 0 Å². The van der Waals surface area contributed by atoms with E-state index in [1.54, 1.807) is 6.92 Å². The van der Waals surface area contributed by atoms with Gasteiger partial charge in [0.2, 0.25) is 5.76 Å². The standard InChI is InChI=1S/C10H14O6S2/c1-7-5-8(16-9(7)10(11)12)6-17(13)3-4-18(2,14)15/h5H,3-4,6H2,1-2H3,(H,11,12). The first-order valence-electron chi connectivity index (χ1n) is 5.04. The van der Waals surface area contributed by atoms with Crippen LogP contribution in [0.5, 0.6) is 0 Å². The van der Waals surface area contributed by atoms with Crippen LogP contribution in [0.25, 0.3) is 0 Å². The van der Waals surface area contributed by atoms with Gasteiger partial charge in [-0.25, -0.2) is 13.2 Å². The molecule has 0 aliphatic carbocycles. The summed E-state index contributed by atoms with van der Waals surface area (Å²) in [7, 11) is -4.54. The number of rotatable bonds is 6. The molecule has 1 aromatic rings. The normalized spacial score (nSPS) is 13.4. The molecule has 0 aliphatic rings. The summed E-state index contributed by atoms with van der Waals surface area (Å²) in [6.07, 6.45) is 1.07. The van der Waals surface area contributed by atoms with Crippen molar-refractivity contribution in [2.24, 2.45) is 0 Å². The first-order chi connectivity index (χ1) is 8.19. The summed E-state index contributed by atoms with van der Waals surface area (Å²) in [6, 6.07) is 1.50. The topological polar surface area (TPSA) is 102 Å². The Hall–Kier alpha value is -1.15. The first-order valence-corrected chi connectivity index (χ1v) is 8.59. The van der Waals surface area contributed by atoms with Crippen molar-refractivity contribution in [2.45, 2.75) is 12.7 Å². The lowest BCUT2D eigenvalue weighted by atomic mass is 10.3. The summed E-state index contributed by atoms with van der Waals surface area (Å²) in [4.78, 5) is 10.7. The molecule has 1 unspecified atom stereocenters. The lowest BCUT2D eigenvalue weighted by Gasteiger charge is -1.98. The van der Waals surface area contributed by atoms with Gasteiger partial charge < -0.3 is 9.52 Å².